The second-order valence-corrected chi connectivity index (χ2v) is 6.12. The van der Waals surface area contributed by atoms with E-state index in [-0.39, 0.29) is 6.61 Å². The molecule has 1 aliphatic heterocycles. The van der Waals surface area contributed by atoms with Gasteiger partial charge in [0.15, 0.2) is 5.96 Å². The van der Waals surface area contributed by atoms with Gasteiger partial charge in [0.05, 0.1) is 25.0 Å². The van der Waals surface area contributed by atoms with Crippen molar-refractivity contribution in [3.8, 4) is 22.6 Å². The van der Waals surface area contributed by atoms with E-state index in [4.69, 9.17) is 25.7 Å². The number of halogens is 1. The van der Waals surface area contributed by atoms with Gasteiger partial charge < -0.3 is 30.6 Å². The molecule has 0 saturated carbocycles. The highest BCUT2D eigenvalue weighted by Crippen LogP contribution is 2.40. The molecule has 0 radical (unpaired) electrons. The van der Waals surface area contributed by atoms with E-state index in [9.17, 15) is 4.39 Å². The second-order valence-electron chi connectivity index (χ2n) is 6.12. The van der Waals surface area contributed by atoms with Gasteiger partial charge in [-0.2, -0.15) is 0 Å². The first-order valence-electron chi connectivity index (χ1n) is 8.42. The molecule has 1 aliphatic rings. The maximum absolute atomic E-state index is 14.9. The van der Waals surface area contributed by atoms with Crippen LogP contribution in [0.2, 0.25) is 0 Å². The molecule has 1 heterocycles. The molecule has 0 saturated heterocycles. The minimum atomic E-state index is -0.462. The number of guanidine groups is 1. The van der Waals surface area contributed by atoms with Crippen molar-refractivity contribution in [2.24, 2.45) is 16.5 Å². The molecule has 2 aromatic carbocycles. The summed E-state index contributed by atoms with van der Waals surface area (Å²) >= 11 is 0. The zero-order chi connectivity index (χ0) is 19.6. The zero-order valence-electron chi connectivity index (χ0n) is 15.5. The van der Waals surface area contributed by atoms with Crippen molar-refractivity contribution in [1.82, 2.24) is 4.90 Å². The van der Waals surface area contributed by atoms with Crippen LogP contribution in [-0.4, -0.2) is 45.3 Å². The third kappa shape index (κ3) is 3.67. The summed E-state index contributed by atoms with van der Waals surface area (Å²) in [6, 6.07) is 8.32. The third-order valence-electron chi connectivity index (χ3n) is 4.46. The average Bonchev–Trinajstić information content (AvgIpc) is 2.65. The number of nitrogens with zero attached hydrogens (tertiary/aromatic N) is 2. The van der Waals surface area contributed by atoms with E-state index in [0.29, 0.717) is 40.9 Å². The van der Waals surface area contributed by atoms with E-state index in [2.05, 4.69) is 4.99 Å². The summed E-state index contributed by atoms with van der Waals surface area (Å²) in [4.78, 5) is 6.04. The van der Waals surface area contributed by atoms with E-state index < -0.39 is 12.0 Å². The number of nitrogens with two attached hydrogens (primary N) is 2. The van der Waals surface area contributed by atoms with Crippen LogP contribution in [0.15, 0.2) is 35.3 Å². The Morgan fingerprint density at radius 3 is 2.67 bits per heavy atom. The minimum absolute atomic E-state index is 0.280. The van der Waals surface area contributed by atoms with E-state index >= 15 is 0 Å². The van der Waals surface area contributed by atoms with Crippen molar-refractivity contribution >= 4 is 11.6 Å². The Bertz CT molecular complexity index is 872. The number of ether oxygens (including phenoxy) is 3. The molecule has 0 aliphatic carbocycles. The van der Waals surface area contributed by atoms with Crippen LogP contribution in [0.25, 0.3) is 11.1 Å². The van der Waals surface area contributed by atoms with Crippen LogP contribution >= 0.6 is 0 Å². The fourth-order valence-corrected chi connectivity index (χ4v) is 2.90. The van der Waals surface area contributed by atoms with Crippen LogP contribution in [0.5, 0.6) is 11.5 Å². The van der Waals surface area contributed by atoms with Crippen molar-refractivity contribution in [2.45, 2.75) is 6.17 Å². The fourth-order valence-electron chi connectivity index (χ4n) is 2.90. The number of hydrogen-bond acceptors (Lipinski definition) is 7. The van der Waals surface area contributed by atoms with Crippen LogP contribution in [0, 0.1) is 5.82 Å². The highest BCUT2D eigenvalue weighted by molar-refractivity contribution is 5.85. The van der Waals surface area contributed by atoms with Gasteiger partial charge in [0, 0.05) is 31.9 Å². The summed E-state index contributed by atoms with van der Waals surface area (Å²) in [5.41, 5.74) is 14.4. The van der Waals surface area contributed by atoms with Crippen LogP contribution in [0.4, 0.5) is 10.1 Å². The van der Waals surface area contributed by atoms with Gasteiger partial charge in [0.2, 0.25) is 0 Å². The Morgan fingerprint density at radius 1 is 1.19 bits per heavy atom. The number of rotatable bonds is 6. The average molecular weight is 374 g/mol. The molecular formula is C19H23FN4O3. The van der Waals surface area contributed by atoms with Crippen molar-refractivity contribution in [3.05, 3.63) is 41.7 Å². The van der Waals surface area contributed by atoms with Crippen molar-refractivity contribution < 1.29 is 18.6 Å². The molecule has 2 aromatic rings. The first kappa shape index (κ1) is 18.9. The molecule has 144 valence electrons. The second kappa shape index (κ2) is 7.81. The standard InChI is InChI=1S/C19H23FN4O3/c1-24-18(21)13-5-4-11(8-15(13)23-19(24)22)17-14(20)9-12(26-3)10-16(17)27-7-6-25-2/h4-5,8-10,18H,6-7,21H2,1-3H3,(H2,22,23). The molecule has 8 heteroatoms. The lowest BCUT2D eigenvalue weighted by molar-refractivity contribution is 0.146. The molecule has 0 aromatic heterocycles. The van der Waals surface area contributed by atoms with E-state index in [1.54, 1.807) is 37.3 Å². The first-order valence-corrected chi connectivity index (χ1v) is 8.42. The van der Waals surface area contributed by atoms with Gasteiger partial charge in [-0.05, 0) is 11.6 Å². The Morgan fingerprint density at radius 2 is 1.96 bits per heavy atom. The summed E-state index contributed by atoms with van der Waals surface area (Å²) in [5.74, 6) is 0.570. The Balaban J connectivity index is 2.08. The van der Waals surface area contributed by atoms with Crippen LogP contribution in [0.3, 0.4) is 0 Å². The zero-order valence-corrected chi connectivity index (χ0v) is 15.5. The van der Waals surface area contributed by atoms with Crippen LogP contribution in [0.1, 0.15) is 11.7 Å². The molecular weight excluding hydrogens is 351 g/mol. The summed E-state index contributed by atoms with van der Waals surface area (Å²) in [6.45, 7) is 0.659. The molecule has 3 rings (SSSR count). The Kier molecular flexibility index (Phi) is 5.48. The van der Waals surface area contributed by atoms with Gasteiger partial charge in [-0.25, -0.2) is 9.38 Å². The summed E-state index contributed by atoms with van der Waals surface area (Å²) in [5, 5.41) is 0. The quantitative estimate of drug-likeness (QED) is 0.754. The molecule has 0 spiro atoms. The molecule has 4 N–H and O–H groups in total. The van der Waals surface area contributed by atoms with E-state index in [1.165, 1.54) is 13.2 Å². The topological polar surface area (TPSA) is 95.3 Å². The van der Waals surface area contributed by atoms with E-state index in [0.717, 1.165) is 5.56 Å². The van der Waals surface area contributed by atoms with Crippen molar-refractivity contribution in [1.29, 1.82) is 0 Å². The lowest BCUT2D eigenvalue weighted by Gasteiger charge is -2.31. The fraction of sp³-hybridized carbons (Fsp3) is 0.316. The number of benzene rings is 2. The first-order chi connectivity index (χ1) is 13.0. The number of aliphatic imine (C=N–C) groups is 1. The van der Waals surface area contributed by atoms with Gasteiger partial charge >= 0.3 is 0 Å². The van der Waals surface area contributed by atoms with Gasteiger partial charge in [-0.3, -0.25) is 0 Å². The predicted octanol–water partition coefficient (Wildman–Crippen LogP) is 2.38. The molecule has 1 unspecified atom stereocenters. The normalized spacial score (nSPS) is 16.0. The number of fused-ring (bicyclic) bond motifs is 1. The molecule has 27 heavy (non-hydrogen) atoms. The molecule has 0 amide bonds. The van der Waals surface area contributed by atoms with Crippen LogP contribution in [-0.2, 0) is 4.74 Å². The smallest absolute Gasteiger partial charge is 0.197 e. The Hall–Kier alpha value is -2.84. The van der Waals surface area contributed by atoms with Gasteiger partial charge in [-0.1, -0.05) is 12.1 Å². The van der Waals surface area contributed by atoms with Crippen molar-refractivity contribution in [2.75, 3.05) is 34.5 Å². The SMILES string of the molecule is COCCOc1cc(OC)cc(F)c1-c1ccc2c(c1)N=C(N)N(C)C2N. The third-order valence-corrected chi connectivity index (χ3v) is 4.46. The lowest BCUT2D eigenvalue weighted by Crippen LogP contribution is -2.42. The molecule has 0 bridgehead atoms. The number of methoxy groups -OCH3 is 2. The molecule has 1 atom stereocenters. The van der Waals surface area contributed by atoms with Crippen LogP contribution < -0.4 is 20.9 Å². The lowest BCUT2D eigenvalue weighted by atomic mass is 9.98. The minimum Gasteiger partial charge on any atom is -0.497 e. The number of hydrogen-bond donors (Lipinski definition) is 2. The maximum Gasteiger partial charge on any atom is 0.197 e. The molecule has 7 nitrogen and oxygen atoms in total. The molecule has 0 fully saturated rings. The van der Waals surface area contributed by atoms with Gasteiger partial charge in [0.1, 0.15) is 30.1 Å². The largest absolute Gasteiger partial charge is 0.497 e. The highest BCUT2D eigenvalue weighted by Gasteiger charge is 2.24. The predicted molar refractivity (Wildman–Crippen MR) is 102 cm³/mol. The highest BCUT2D eigenvalue weighted by atomic mass is 19.1. The summed E-state index contributed by atoms with van der Waals surface area (Å²) < 4.78 is 30.7. The Labute approximate surface area is 157 Å². The summed E-state index contributed by atoms with van der Waals surface area (Å²) in [6.07, 6.45) is -0.412. The maximum atomic E-state index is 14.9. The van der Waals surface area contributed by atoms with Crippen molar-refractivity contribution in [3.63, 3.8) is 0 Å². The van der Waals surface area contributed by atoms with Gasteiger partial charge in [-0.15, -0.1) is 0 Å². The monoisotopic (exact) mass is 374 g/mol. The summed E-state index contributed by atoms with van der Waals surface area (Å²) in [7, 11) is 4.81. The van der Waals surface area contributed by atoms with Gasteiger partial charge in [0.25, 0.3) is 0 Å². The van der Waals surface area contributed by atoms with E-state index in [1.807, 2.05) is 6.07 Å².